The van der Waals surface area contributed by atoms with E-state index in [4.69, 9.17) is 18.9 Å². The first-order chi connectivity index (χ1) is 24.3. The third kappa shape index (κ3) is 5.55. The van der Waals surface area contributed by atoms with Crippen molar-refractivity contribution in [2.75, 3.05) is 26.4 Å². The molecule has 0 aromatic carbocycles. The van der Waals surface area contributed by atoms with Gasteiger partial charge in [0.2, 0.25) is 0 Å². The number of rotatable bonds is 9. The molecule has 1 heterocycles. The molecule has 12 aliphatic carbocycles. The molecule has 1 saturated heterocycles. The van der Waals surface area contributed by atoms with Crippen molar-refractivity contribution in [1.82, 2.24) is 0 Å². The fourth-order valence-corrected chi connectivity index (χ4v) is 15.9. The van der Waals surface area contributed by atoms with Gasteiger partial charge < -0.3 is 18.9 Å². The van der Waals surface area contributed by atoms with Gasteiger partial charge in [-0.2, -0.15) is 0 Å². The summed E-state index contributed by atoms with van der Waals surface area (Å²) in [5, 5.41) is 0. The molecule has 282 valence electrons. The predicted octanol–water partition coefficient (Wildman–Crippen LogP) is 8.46. The highest BCUT2D eigenvalue weighted by Crippen LogP contribution is 2.68. The van der Waals surface area contributed by atoms with Crippen molar-refractivity contribution in [3.63, 3.8) is 0 Å². The topological polar surface area (TPSA) is 88.1 Å². The van der Waals surface area contributed by atoms with Crippen molar-refractivity contribution in [2.45, 2.75) is 149 Å². The Morgan fingerprint density at radius 3 is 1.35 bits per heavy atom. The van der Waals surface area contributed by atoms with Gasteiger partial charge in [0.15, 0.2) is 5.79 Å². The molecule has 0 aromatic rings. The SMILES string of the molecule is CC(C)(C)C(=O)CCC12CC3CC(C1)C1(OCC(COC(=O)C45CC6CC(CC(C6)C4)C5)(COC(=O)C45CC6CC(CC(C6)C4)C5)CO1)C(C3)C2. The van der Waals surface area contributed by atoms with Gasteiger partial charge in [0.1, 0.15) is 19.0 Å². The minimum atomic E-state index is -0.702. The second kappa shape index (κ2) is 11.5. The summed E-state index contributed by atoms with van der Waals surface area (Å²) in [6.07, 6.45) is 20.9. The Kier molecular flexibility index (Phi) is 7.70. The lowest BCUT2D eigenvalue weighted by molar-refractivity contribution is -0.393. The second-order valence-corrected chi connectivity index (χ2v) is 22.4. The average Bonchev–Trinajstić information content (AvgIpc) is 3.06. The zero-order chi connectivity index (χ0) is 35.0. The van der Waals surface area contributed by atoms with Gasteiger partial charge in [0.05, 0.1) is 29.5 Å². The first-order valence-electron chi connectivity index (χ1n) is 21.4. The second-order valence-electron chi connectivity index (χ2n) is 22.4. The van der Waals surface area contributed by atoms with E-state index >= 15 is 0 Å². The van der Waals surface area contributed by atoms with Crippen molar-refractivity contribution in [3.05, 3.63) is 0 Å². The van der Waals surface area contributed by atoms with Crippen LogP contribution >= 0.6 is 0 Å². The Hall–Kier alpha value is -1.47. The maximum absolute atomic E-state index is 14.1. The predicted molar refractivity (Wildman–Crippen MR) is 190 cm³/mol. The molecule has 51 heavy (non-hydrogen) atoms. The van der Waals surface area contributed by atoms with Gasteiger partial charge in [0, 0.05) is 23.7 Å². The van der Waals surface area contributed by atoms with Crippen LogP contribution in [0.4, 0.5) is 0 Å². The van der Waals surface area contributed by atoms with Crippen LogP contribution < -0.4 is 0 Å². The molecule has 12 saturated carbocycles. The van der Waals surface area contributed by atoms with Crippen LogP contribution in [0, 0.1) is 80.3 Å². The molecule has 1 aliphatic heterocycles. The number of hydrogen-bond donors (Lipinski definition) is 0. The molecule has 0 N–H and O–H groups in total. The molecule has 2 unspecified atom stereocenters. The van der Waals surface area contributed by atoms with Crippen LogP contribution in [-0.4, -0.2) is 49.9 Å². The Balaban J connectivity index is 0.856. The normalized spacial score (nSPS) is 51.3. The molecule has 7 heteroatoms. The van der Waals surface area contributed by atoms with E-state index in [0.29, 0.717) is 78.7 Å². The summed E-state index contributed by atoms with van der Waals surface area (Å²) in [4.78, 5) is 41.2. The summed E-state index contributed by atoms with van der Waals surface area (Å²) in [7, 11) is 0. The molecule has 0 radical (unpaired) electrons. The standard InChI is InChI=1S/C44H64O7/c1-39(2,3)36(45)4-5-40-14-33-12-34(21-40)44(35(13-33)22-40)50-25-41(26-51-44,23-48-37(46)42-15-27-6-28(16-42)8-29(7-27)17-42)24-49-38(47)43-18-30-9-31(19-43)11-32(10-30)20-43/h27-35H,4-26H2,1-3H3. The molecule has 13 aliphatic rings. The Morgan fingerprint density at radius 1 is 0.569 bits per heavy atom. The molecule has 13 fully saturated rings. The first-order valence-corrected chi connectivity index (χ1v) is 21.4. The molecular weight excluding hydrogens is 640 g/mol. The van der Waals surface area contributed by atoms with Gasteiger partial charge in [-0.3, -0.25) is 14.4 Å². The van der Waals surface area contributed by atoms with E-state index in [1.807, 2.05) is 20.8 Å². The minimum absolute atomic E-state index is 0.0185. The van der Waals surface area contributed by atoms with Crippen LogP contribution in [-0.2, 0) is 33.3 Å². The number of ether oxygens (including phenoxy) is 4. The zero-order valence-corrected chi connectivity index (χ0v) is 31.8. The van der Waals surface area contributed by atoms with E-state index in [1.165, 1.54) is 44.9 Å². The lowest BCUT2D eigenvalue weighted by atomic mass is 9.46. The minimum Gasteiger partial charge on any atom is -0.464 e. The van der Waals surface area contributed by atoms with E-state index in [-0.39, 0.29) is 46.8 Å². The van der Waals surface area contributed by atoms with Gasteiger partial charge in [-0.05, 0) is 162 Å². The van der Waals surface area contributed by atoms with Crippen LogP contribution in [0.1, 0.15) is 143 Å². The zero-order valence-electron chi connectivity index (χ0n) is 31.8. The fraction of sp³-hybridized carbons (Fsp3) is 0.932. The highest BCUT2D eigenvalue weighted by atomic mass is 16.7. The fourth-order valence-electron chi connectivity index (χ4n) is 15.9. The summed E-state index contributed by atoms with van der Waals surface area (Å²) in [5.41, 5.74) is -1.43. The number of carbonyl (C=O) groups excluding carboxylic acids is 3. The van der Waals surface area contributed by atoms with E-state index in [0.717, 1.165) is 70.6 Å². The van der Waals surface area contributed by atoms with Gasteiger partial charge >= 0.3 is 11.9 Å². The molecular formula is C44H64O7. The highest BCUT2D eigenvalue weighted by Gasteiger charge is 2.66. The maximum Gasteiger partial charge on any atom is 0.312 e. The van der Waals surface area contributed by atoms with E-state index < -0.39 is 11.2 Å². The third-order valence-electron chi connectivity index (χ3n) is 17.3. The monoisotopic (exact) mass is 704 g/mol. The molecule has 7 nitrogen and oxygen atoms in total. The first kappa shape index (κ1) is 34.1. The van der Waals surface area contributed by atoms with Crippen molar-refractivity contribution < 1.29 is 33.3 Å². The highest BCUT2D eigenvalue weighted by molar-refractivity contribution is 5.83. The molecule has 2 atom stereocenters. The molecule has 0 aromatic heterocycles. The Labute approximate surface area is 305 Å². The van der Waals surface area contributed by atoms with Crippen molar-refractivity contribution >= 4 is 17.7 Å². The number of carbonyl (C=O) groups is 3. The van der Waals surface area contributed by atoms with Crippen LogP contribution in [0.25, 0.3) is 0 Å². The number of Topliss-reactive ketones (excluding diaryl/α,β-unsaturated/α-hetero) is 1. The number of hydrogen-bond acceptors (Lipinski definition) is 7. The van der Waals surface area contributed by atoms with E-state index in [1.54, 1.807) is 0 Å². The lowest BCUT2D eigenvalue weighted by Gasteiger charge is -2.66. The lowest BCUT2D eigenvalue weighted by Crippen LogP contribution is -2.67. The molecule has 13 rings (SSSR count). The average molecular weight is 705 g/mol. The third-order valence-corrected chi connectivity index (χ3v) is 17.3. The largest absolute Gasteiger partial charge is 0.464 e. The number of esters is 2. The molecule has 1 spiro atoms. The maximum atomic E-state index is 14.1. The summed E-state index contributed by atoms with van der Waals surface area (Å²) >= 11 is 0. The van der Waals surface area contributed by atoms with Gasteiger partial charge in [-0.15, -0.1) is 0 Å². The Morgan fingerprint density at radius 2 is 0.961 bits per heavy atom. The molecule has 0 amide bonds. The summed E-state index contributed by atoms with van der Waals surface area (Å²) < 4.78 is 27.0. The van der Waals surface area contributed by atoms with Crippen LogP contribution in [0.2, 0.25) is 0 Å². The summed E-state index contributed by atoms with van der Waals surface area (Å²) in [5.74, 6) is 5.06. The van der Waals surface area contributed by atoms with E-state index in [2.05, 4.69) is 0 Å². The molecule has 12 bridgehead atoms. The van der Waals surface area contributed by atoms with Crippen molar-refractivity contribution in [3.8, 4) is 0 Å². The van der Waals surface area contributed by atoms with Gasteiger partial charge in [0.25, 0.3) is 0 Å². The Bertz CT molecular complexity index is 1290. The van der Waals surface area contributed by atoms with Crippen molar-refractivity contribution in [2.24, 2.45) is 80.3 Å². The van der Waals surface area contributed by atoms with Crippen LogP contribution in [0.5, 0.6) is 0 Å². The van der Waals surface area contributed by atoms with Gasteiger partial charge in [-0.1, -0.05) is 20.8 Å². The van der Waals surface area contributed by atoms with Crippen molar-refractivity contribution in [1.29, 1.82) is 0 Å². The summed E-state index contributed by atoms with van der Waals surface area (Å²) in [6, 6.07) is 0. The van der Waals surface area contributed by atoms with Crippen LogP contribution in [0.15, 0.2) is 0 Å². The van der Waals surface area contributed by atoms with Gasteiger partial charge in [-0.25, -0.2) is 0 Å². The van der Waals surface area contributed by atoms with E-state index in [9.17, 15) is 14.4 Å². The number of ketones is 1. The smallest absolute Gasteiger partial charge is 0.312 e. The summed E-state index contributed by atoms with van der Waals surface area (Å²) in [6.45, 7) is 7.29. The van der Waals surface area contributed by atoms with Crippen LogP contribution in [0.3, 0.4) is 0 Å². The quantitative estimate of drug-likeness (QED) is 0.223.